The molecule has 3 heterocycles. The summed E-state index contributed by atoms with van der Waals surface area (Å²) in [5.41, 5.74) is -0.242. The molecule has 1 amide bonds. The van der Waals surface area contributed by atoms with Crippen molar-refractivity contribution >= 4 is 17.7 Å². The zero-order valence-corrected chi connectivity index (χ0v) is 19.6. The van der Waals surface area contributed by atoms with Crippen molar-refractivity contribution in [2.24, 2.45) is 11.3 Å². The number of anilines is 2. The lowest BCUT2D eigenvalue weighted by Crippen LogP contribution is -2.45. The van der Waals surface area contributed by atoms with Gasteiger partial charge < -0.3 is 19.9 Å². The summed E-state index contributed by atoms with van der Waals surface area (Å²) in [4.78, 5) is 23.2. The van der Waals surface area contributed by atoms with E-state index in [2.05, 4.69) is 30.7 Å². The molecule has 1 aliphatic carbocycles. The van der Waals surface area contributed by atoms with Gasteiger partial charge in [0.1, 0.15) is 22.9 Å². The minimum absolute atomic E-state index is 0.0834. The van der Waals surface area contributed by atoms with E-state index in [0.717, 1.165) is 12.8 Å². The molecule has 0 spiro atoms. The van der Waals surface area contributed by atoms with Gasteiger partial charge in [-0.1, -0.05) is 0 Å². The first-order chi connectivity index (χ1) is 15.8. The van der Waals surface area contributed by atoms with Crippen LogP contribution in [0.15, 0.2) is 12.3 Å². The molecule has 0 radical (unpaired) electrons. The Kier molecular flexibility index (Phi) is 6.06. The van der Waals surface area contributed by atoms with Gasteiger partial charge in [0.15, 0.2) is 0 Å². The lowest BCUT2D eigenvalue weighted by molar-refractivity contribution is -0.144. The maximum absolute atomic E-state index is 13.5. The molecule has 34 heavy (non-hydrogen) atoms. The molecule has 1 saturated carbocycles. The van der Waals surface area contributed by atoms with Crippen molar-refractivity contribution in [1.29, 1.82) is 0 Å². The summed E-state index contributed by atoms with van der Waals surface area (Å²) in [6, 6.07) is 1.49. The normalized spacial score (nSPS) is 22.2. The first kappa shape index (κ1) is 24.0. The van der Waals surface area contributed by atoms with Crippen LogP contribution >= 0.6 is 0 Å². The minimum Gasteiger partial charge on any atom is -0.444 e. The number of H-pyrrole nitrogens is 1. The number of carbonyl (C=O) groups excluding carboxylic acids is 1. The molecule has 2 aromatic heterocycles. The maximum Gasteiger partial charge on any atom is 0.451 e. The van der Waals surface area contributed by atoms with E-state index < -0.39 is 17.6 Å². The number of hydrogen-bond donors (Lipinski definition) is 2. The number of aromatic nitrogens is 5. The molecule has 2 aromatic rings. The zero-order valence-electron chi connectivity index (χ0n) is 19.6. The highest BCUT2D eigenvalue weighted by atomic mass is 19.4. The van der Waals surface area contributed by atoms with Gasteiger partial charge in [-0.05, 0) is 39.5 Å². The number of rotatable bonds is 6. The van der Waals surface area contributed by atoms with E-state index in [4.69, 9.17) is 4.74 Å². The highest BCUT2D eigenvalue weighted by Crippen LogP contribution is 2.52. The third kappa shape index (κ3) is 5.17. The number of aromatic amines is 1. The number of carbonyl (C=O) groups is 1. The van der Waals surface area contributed by atoms with Crippen LogP contribution in [0.2, 0.25) is 0 Å². The van der Waals surface area contributed by atoms with Crippen LogP contribution in [-0.2, 0) is 17.5 Å². The molecule has 10 nitrogen and oxygen atoms in total. The Balaban J connectivity index is 1.48. The summed E-state index contributed by atoms with van der Waals surface area (Å²) in [7, 11) is 1.62. The Morgan fingerprint density at radius 1 is 1.35 bits per heavy atom. The monoisotopic (exact) mass is 482 g/mol. The fraction of sp³-hybridized carbons (Fsp3) is 0.667. The largest absolute Gasteiger partial charge is 0.451 e. The molecule has 1 aliphatic heterocycles. The number of halogens is 3. The number of fused-ring (bicyclic) bond motifs is 1. The second-order valence-corrected chi connectivity index (χ2v) is 10.1. The molecule has 0 unspecified atom stereocenters. The third-order valence-corrected chi connectivity index (χ3v) is 6.30. The average molecular weight is 483 g/mol. The van der Waals surface area contributed by atoms with Gasteiger partial charge in [0.25, 0.3) is 0 Å². The lowest BCUT2D eigenvalue weighted by atomic mass is 9.62. The standard InChI is InChI=1S/C21H29F3N8O2/c1-19(2,3)34-18(33)32-9-13-5-6-20(13,12-32)11-25-15-7-16(28-17(27-15)21(22,23)24)31(4)10-14-8-26-30-29-14/h7-8,13H,5-6,9-12H2,1-4H3,(H,25,27,28)(H,26,29,30)/t13-,20-/m0/s1. The van der Waals surface area contributed by atoms with Gasteiger partial charge in [0.05, 0.1) is 12.7 Å². The number of alkyl halides is 3. The van der Waals surface area contributed by atoms with Gasteiger partial charge in [0, 0.05) is 38.2 Å². The van der Waals surface area contributed by atoms with Gasteiger partial charge in [-0.2, -0.15) is 28.6 Å². The van der Waals surface area contributed by atoms with Crippen molar-refractivity contribution in [2.45, 2.75) is 51.9 Å². The molecule has 186 valence electrons. The van der Waals surface area contributed by atoms with E-state index in [9.17, 15) is 18.0 Å². The van der Waals surface area contributed by atoms with Gasteiger partial charge in [-0.25, -0.2) is 14.8 Å². The second-order valence-electron chi connectivity index (χ2n) is 10.1. The maximum atomic E-state index is 13.5. The number of likely N-dealkylation sites (tertiary alicyclic amines) is 1. The minimum atomic E-state index is -4.70. The number of hydrogen-bond acceptors (Lipinski definition) is 8. The van der Waals surface area contributed by atoms with Crippen LogP contribution in [0.3, 0.4) is 0 Å². The van der Waals surface area contributed by atoms with Crippen LogP contribution in [0.1, 0.15) is 45.1 Å². The highest BCUT2D eigenvalue weighted by molar-refractivity contribution is 5.69. The zero-order chi connectivity index (χ0) is 24.7. The molecular formula is C21H29F3N8O2. The Morgan fingerprint density at radius 2 is 2.12 bits per heavy atom. The average Bonchev–Trinajstić information content (AvgIpc) is 3.31. The number of nitrogens with one attached hydrogen (secondary N) is 2. The van der Waals surface area contributed by atoms with Crippen LogP contribution < -0.4 is 10.2 Å². The number of ether oxygens (including phenoxy) is 1. The number of nitrogens with zero attached hydrogens (tertiary/aromatic N) is 6. The molecule has 2 N–H and O–H groups in total. The van der Waals surface area contributed by atoms with Crippen LogP contribution in [0, 0.1) is 11.3 Å². The van der Waals surface area contributed by atoms with Gasteiger partial charge >= 0.3 is 12.3 Å². The Labute approximate surface area is 195 Å². The second kappa shape index (κ2) is 8.58. The molecular weight excluding hydrogens is 453 g/mol. The lowest BCUT2D eigenvalue weighted by Gasteiger charge is -2.44. The SMILES string of the molecule is CN(Cc1cn[nH]n1)c1cc(NC[C@]23CC[C@H]2CN(C(=O)OC(C)(C)C)C3)nc(C(F)(F)F)n1. The van der Waals surface area contributed by atoms with E-state index in [-0.39, 0.29) is 35.6 Å². The quantitative estimate of drug-likeness (QED) is 0.645. The topological polar surface area (TPSA) is 112 Å². The summed E-state index contributed by atoms with van der Waals surface area (Å²) in [5, 5.41) is 13.2. The van der Waals surface area contributed by atoms with Crippen molar-refractivity contribution in [2.75, 3.05) is 36.9 Å². The first-order valence-corrected chi connectivity index (χ1v) is 11.1. The fourth-order valence-corrected chi connectivity index (χ4v) is 4.45. The highest BCUT2D eigenvalue weighted by Gasteiger charge is 2.54. The van der Waals surface area contributed by atoms with E-state index >= 15 is 0 Å². The van der Waals surface area contributed by atoms with Crippen molar-refractivity contribution in [3.63, 3.8) is 0 Å². The van der Waals surface area contributed by atoms with Crippen LogP contribution in [0.5, 0.6) is 0 Å². The Hall–Kier alpha value is -3.12. The van der Waals surface area contributed by atoms with Gasteiger partial charge in [-0.15, -0.1) is 0 Å². The summed E-state index contributed by atoms with van der Waals surface area (Å²) < 4.78 is 46.0. The Morgan fingerprint density at radius 3 is 2.71 bits per heavy atom. The molecule has 0 bridgehead atoms. The summed E-state index contributed by atoms with van der Waals surface area (Å²) >= 11 is 0. The number of amides is 1. The smallest absolute Gasteiger partial charge is 0.444 e. The molecule has 13 heteroatoms. The van der Waals surface area contributed by atoms with E-state index in [1.807, 2.05) is 20.8 Å². The predicted octanol–water partition coefficient (Wildman–Crippen LogP) is 3.31. The third-order valence-electron chi connectivity index (χ3n) is 6.30. The van der Waals surface area contributed by atoms with E-state index in [0.29, 0.717) is 25.3 Å². The Bertz CT molecular complexity index is 1020. The van der Waals surface area contributed by atoms with Crippen molar-refractivity contribution in [3.8, 4) is 0 Å². The molecule has 2 atom stereocenters. The van der Waals surface area contributed by atoms with E-state index in [1.165, 1.54) is 12.3 Å². The summed E-state index contributed by atoms with van der Waals surface area (Å²) in [6.07, 6.45) is -1.73. The summed E-state index contributed by atoms with van der Waals surface area (Å²) in [6.45, 7) is 7.15. The van der Waals surface area contributed by atoms with Gasteiger partial charge in [-0.3, -0.25) is 0 Å². The van der Waals surface area contributed by atoms with Crippen LogP contribution in [0.4, 0.5) is 29.6 Å². The first-order valence-electron chi connectivity index (χ1n) is 11.1. The van der Waals surface area contributed by atoms with Crippen LogP contribution in [-0.4, -0.2) is 68.7 Å². The van der Waals surface area contributed by atoms with Crippen molar-refractivity contribution in [1.82, 2.24) is 30.3 Å². The predicted molar refractivity (Wildman–Crippen MR) is 117 cm³/mol. The summed E-state index contributed by atoms with van der Waals surface area (Å²) in [5.74, 6) is -0.757. The molecule has 4 rings (SSSR count). The van der Waals surface area contributed by atoms with Crippen LogP contribution in [0.25, 0.3) is 0 Å². The van der Waals surface area contributed by atoms with Crippen molar-refractivity contribution in [3.05, 3.63) is 23.8 Å². The fourth-order valence-electron chi connectivity index (χ4n) is 4.45. The molecule has 2 fully saturated rings. The molecule has 0 aromatic carbocycles. The molecule has 1 saturated heterocycles. The van der Waals surface area contributed by atoms with Crippen molar-refractivity contribution < 1.29 is 22.7 Å². The van der Waals surface area contributed by atoms with Gasteiger partial charge in [0.2, 0.25) is 5.82 Å². The molecule has 2 aliphatic rings. The van der Waals surface area contributed by atoms with E-state index in [1.54, 1.807) is 16.8 Å².